The number of nitrogens with one attached hydrogen (secondary N) is 2. The monoisotopic (exact) mass is 376 g/mol. The van der Waals surface area contributed by atoms with Crippen molar-refractivity contribution in [3.8, 4) is 5.88 Å². The molecule has 0 bridgehead atoms. The van der Waals surface area contributed by atoms with E-state index in [1.54, 1.807) is 18.3 Å². The first-order valence-electron chi connectivity index (χ1n) is 9.69. The molecule has 2 aliphatic rings. The fraction of sp³-hybridized carbons (Fsp3) is 0.632. The zero-order valence-electron chi connectivity index (χ0n) is 15.7. The highest BCUT2D eigenvalue weighted by atomic mass is 16.5. The molecule has 2 amide bonds. The van der Waals surface area contributed by atoms with Gasteiger partial charge in [-0.05, 0) is 51.1 Å². The minimum atomic E-state index is -0.821. The quantitative estimate of drug-likeness (QED) is 0.644. The molecule has 8 heteroatoms. The van der Waals surface area contributed by atoms with E-state index in [-0.39, 0.29) is 30.8 Å². The van der Waals surface area contributed by atoms with Crippen LogP contribution in [0.5, 0.6) is 5.88 Å². The molecule has 27 heavy (non-hydrogen) atoms. The Kier molecular flexibility index (Phi) is 6.49. The number of hydrogen-bond acceptors (Lipinski definition) is 5. The molecule has 0 aliphatic heterocycles. The van der Waals surface area contributed by atoms with Gasteiger partial charge in [0.1, 0.15) is 6.10 Å². The number of likely N-dealkylation sites (N-methyl/N-ethyl adjacent to an activating group) is 1. The van der Waals surface area contributed by atoms with Crippen LogP contribution in [-0.4, -0.2) is 58.3 Å². The smallest absolute Gasteiger partial charge is 0.319 e. The van der Waals surface area contributed by atoms with Crippen molar-refractivity contribution < 1.29 is 19.4 Å². The van der Waals surface area contributed by atoms with Crippen molar-refractivity contribution in [2.24, 2.45) is 0 Å². The molecule has 0 spiro atoms. The van der Waals surface area contributed by atoms with Crippen LogP contribution in [0, 0.1) is 0 Å². The van der Waals surface area contributed by atoms with Gasteiger partial charge in [0.2, 0.25) is 5.88 Å². The van der Waals surface area contributed by atoms with Gasteiger partial charge in [-0.25, -0.2) is 9.78 Å². The number of carboxylic acid groups (broad SMARTS) is 1. The maximum absolute atomic E-state index is 12.1. The van der Waals surface area contributed by atoms with Gasteiger partial charge in [0.15, 0.2) is 0 Å². The topological polar surface area (TPSA) is 104 Å². The van der Waals surface area contributed by atoms with Crippen LogP contribution < -0.4 is 15.4 Å². The van der Waals surface area contributed by atoms with Gasteiger partial charge in [0.25, 0.3) is 0 Å². The third kappa shape index (κ3) is 5.56. The number of urea groups is 1. The average Bonchev–Trinajstić information content (AvgIpc) is 3.10. The second kappa shape index (κ2) is 9.03. The molecule has 8 nitrogen and oxygen atoms in total. The largest absolute Gasteiger partial charge is 0.480 e. The highest BCUT2D eigenvalue weighted by molar-refractivity contribution is 5.89. The lowest BCUT2D eigenvalue weighted by Crippen LogP contribution is -2.55. The summed E-state index contributed by atoms with van der Waals surface area (Å²) in [6.07, 6.45) is 7.96. The SMILES string of the molecule is CCN(CC(=O)O)C1CC(NC(=O)Nc2ccc(OC3CCCC3)nc2)C1. The van der Waals surface area contributed by atoms with Crippen LogP contribution in [0.1, 0.15) is 45.4 Å². The number of aromatic nitrogens is 1. The molecule has 1 aromatic rings. The molecule has 1 aromatic heterocycles. The summed E-state index contributed by atoms with van der Waals surface area (Å²) in [6.45, 7) is 2.68. The van der Waals surface area contributed by atoms with Crippen molar-refractivity contribution in [1.29, 1.82) is 0 Å². The summed E-state index contributed by atoms with van der Waals surface area (Å²) in [5, 5.41) is 14.6. The Balaban J connectivity index is 1.39. The molecule has 3 rings (SSSR count). The summed E-state index contributed by atoms with van der Waals surface area (Å²) < 4.78 is 5.81. The first-order chi connectivity index (χ1) is 13.0. The number of nitrogens with zero attached hydrogens (tertiary/aromatic N) is 2. The van der Waals surface area contributed by atoms with Gasteiger partial charge in [-0.3, -0.25) is 9.69 Å². The Labute approximate surface area is 159 Å². The van der Waals surface area contributed by atoms with Crippen LogP contribution in [0.25, 0.3) is 0 Å². The summed E-state index contributed by atoms with van der Waals surface area (Å²) in [6, 6.07) is 3.57. The first kappa shape index (κ1) is 19.4. The molecular formula is C19H28N4O4. The maximum Gasteiger partial charge on any atom is 0.319 e. The minimum absolute atomic E-state index is 0.0427. The van der Waals surface area contributed by atoms with E-state index in [1.807, 2.05) is 11.8 Å². The second-order valence-electron chi connectivity index (χ2n) is 7.29. The van der Waals surface area contributed by atoms with E-state index in [2.05, 4.69) is 15.6 Å². The standard InChI is InChI=1S/C19H28N4O4/c1-2-23(12-18(24)25)15-9-14(10-15)22-19(26)21-13-7-8-17(20-11-13)27-16-5-3-4-6-16/h7-8,11,14-16H,2-6,9-10,12H2,1H3,(H,24,25)(H2,21,22,26). The molecule has 1 heterocycles. The third-order valence-corrected chi connectivity index (χ3v) is 5.29. The van der Waals surface area contributed by atoms with E-state index >= 15 is 0 Å². The molecule has 0 saturated heterocycles. The predicted molar refractivity (Wildman–Crippen MR) is 101 cm³/mol. The lowest BCUT2D eigenvalue weighted by atomic mass is 9.85. The zero-order chi connectivity index (χ0) is 19.2. The first-order valence-corrected chi connectivity index (χ1v) is 9.69. The summed E-state index contributed by atoms with van der Waals surface area (Å²) in [5.74, 6) is -0.230. The second-order valence-corrected chi connectivity index (χ2v) is 7.29. The van der Waals surface area contributed by atoms with Gasteiger partial charge in [-0.1, -0.05) is 6.92 Å². The number of carbonyl (C=O) groups excluding carboxylic acids is 1. The fourth-order valence-electron chi connectivity index (χ4n) is 3.73. The molecule has 148 valence electrons. The van der Waals surface area contributed by atoms with E-state index < -0.39 is 5.97 Å². The number of amides is 2. The Morgan fingerprint density at radius 1 is 1.30 bits per heavy atom. The number of aliphatic carboxylic acids is 1. The molecule has 0 atom stereocenters. The number of ether oxygens (including phenoxy) is 1. The van der Waals surface area contributed by atoms with Gasteiger partial charge in [-0.15, -0.1) is 0 Å². The fourth-order valence-corrected chi connectivity index (χ4v) is 3.73. The average molecular weight is 376 g/mol. The van der Waals surface area contributed by atoms with Crippen molar-refractivity contribution in [2.75, 3.05) is 18.4 Å². The number of rotatable bonds is 8. The number of pyridine rings is 1. The van der Waals surface area contributed by atoms with Crippen LogP contribution in [0.3, 0.4) is 0 Å². The lowest BCUT2D eigenvalue weighted by molar-refractivity contribution is -0.139. The van der Waals surface area contributed by atoms with Gasteiger partial charge in [0.05, 0.1) is 18.4 Å². The summed E-state index contributed by atoms with van der Waals surface area (Å²) in [4.78, 5) is 29.2. The lowest BCUT2D eigenvalue weighted by Gasteiger charge is -2.42. The highest BCUT2D eigenvalue weighted by Crippen LogP contribution is 2.26. The number of carboxylic acids is 1. The third-order valence-electron chi connectivity index (χ3n) is 5.29. The van der Waals surface area contributed by atoms with Crippen LogP contribution in [-0.2, 0) is 4.79 Å². The molecule has 3 N–H and O–H groups in total. The van der Waals surface area contributed by atoms with Crippen molar-refractivity contribution in [3.63, 3.8) is 0 Å². The van der Waals surface area contributed by atoms with Crippen LogP contribution >= 0.6 is 0 Å². The summed E-state index contributed by atoms with van der Waals surface area (Å²) in [5.41, 5.74) is 0.614. The van der Waals surface area contributed by atoms with E-state index in [4.69, 9.17) is 9.84 Å². The number of carbonyl (C=O) groups is 2. The Hall–Kier alpha value is -2.35. The molecule has 0 aromatic carbocycles. The molecule has 2 saturated carbocycles. The van der Waals surface area contributed by atoms with Crippen LogP contribution in [0.2, 0.25) is 0 Å². The Morgan fingerprint density at radius 3 is 2.63 bits per heavy atom. The van der Waals surface area contributed by atoms with Gasteiger partial charge < -0.3 is 20.5 Å². The Bertz CT molecular complexity index is 640. The minimum Gasteiger partial charge on any atom is -0.480 e. The van der Waals surface area contributed by atoms with Crippen molar-refractivity contribution in [3.05, 3.63) is 18.3 Å². The van der Waals surface area contributed by atoms with Crippen LogP contribution in [0.4, 0.5) is 10.5 Å². The molecular weight excluding hydrogens is 348 g/mol. The molecule has 0 unspecified atom stereocenters. The predicted octanol–water partition coefficient (Wildman–Crippen LogP) is 2.46. The van der Waals surface area contributed by atoms with Gasteiger partial charge in [-0.2, -0.15) is 0 Å². The summed E-state index contributed by atoms with van der Waals surface area (Å²) in [7, 11) is 0. The molecule has 2 aliphatic carbocycles. The normalized spacial score (nSPS) is 22.3. The van der Waals surface area contributed by atoms with E-state index in [1.165, 1.54) is 12.8 Å². The molecule has 0 radical (unpaired) electrons. The van der Waals surface area contributed by atoms with E-state index in [0.29, 0.717) is 18.1 Å². The summed E-state index contributed by atoms with van der Waals surface area (Å²) >= 11 is 0. The van der Waals surface area contributed by atoms with Crippen molar-refractivity contribution >= 4 is 17.7 Å². The Morgan fingerprint density at radius 2 is 2.04 bits per heavy atom. The van der Waals surface area contributed by atoms with Crippen molar-refractivity contribution in [2.45, 2.75) is 63.6 Å². The van der Waals surface area contributed by atoms with Gasteiger partial charge >= 0.3 is 12.0 Å². The number of anilines is 1. The van der Waals surface area contributed by atoms with E-state index in [9.17, 15) is 9.59 Å². The van der Waals surface area contributed by atoms with E-state index in [0.717, 1.165) is 25.7 Å². The maximum atomic E-state index is 12.1. The van der Waals surface area contributed by atoms with Crippen LogP contribution in [0.15, 0.2) is 18.3 Å². The molecule has 2 fully saturated rings. The number of hydrogen-bond donors (Lipinski definition) is 3. The van der Waals surface area contributed by atoms with Crippen molar-refractivity contribution in [1.82, 2.24) is 15.2 Å². The highest BCUT2D eigenvalue weighted by Gasteiger charge is 2.34. The zero-order valence-corrected chi connectivity index (χ0v) is 15.7. The van der Waals surface area contributed by atoms with Gasteiger partial charge in [0, 0.05) is 18.2 Å².